The Morgan fingerprint density at radius 1 is 1.07 bits per heavy atom. The predicted octanol–water partition coefficient (Wildman–Crippen LogP) is 3.92. The van der Waals surface area contributed by atoms with Gasteiger partial charge in [-0.15, -0.1) is 24.0 Å². The van der Waals surface area contributed by atoms with Crippen LogP contribution in [0.1, 0.15) is 11.5 Å². The van der Waals surface area contributed by atoms with Crippen molar-refractivity contribution in [3.05, 3.63) is 71.5 Å². The van der Waals surface area contributed by atoms with Crippen LogP contribution in [-0.4, -0.2) is 29.5 Å². The van der Waals surface area contributed by atoms with Crippen LogP contribution in [0.4, 0.5) is 0 Å². The molecule has 0 saturated carbocycles. The van der Waals surface area contributed by atoms with Crippen molar-refractivity contribution in [3.63, 3.8) is 0 Å². The number of hydrogen-bond acceptors (Lipinski definition) is 4. The zero-order chi connectivity index (χ0) is 18.2. The SMILES string of the molecule is CN=C(NCCc1ccc(Cl)nc1)NCc1ncc(-c2ccccc2)o1.I. The highest BCUT2D eigenvalue weighted by atomic mass is 127. The minimum atomic E-state index is 0. The number of guanidine groups is 1. The summed E-state index contributed by atoms with van der Waals surface area (Å²) in [6.45, 7) is 1.18. The lowest BCUT2D eigenvalue weighted by atomic mass is 10.2. The molecule has 2 aromatic heterocycles. The average molecular weight is 498 g/mol. The second-order valence-electron chi connectivity index (χ2n) is 5.58. The fourth-order valence-electron chi connectivity index (χ4n) is 2.39. The number of benzene rings is 1. The topological polar surface area (TPSA) is 75.3 Å². The molecule has 3 rings (SSSR count). The van der Waals surface area contributed by atoms with Gasteiger partial charge in [0.1, 0.15) is 5.15 Å². The summed E-state index contributed by atoms with van der Waals surface area (Å²) in [6, 6.07) is 13.6. The first-order chi connectivity index (χ1) is 12.7. The van der Waals surface area contributed by atoms with Gasteiger partial charge in [-0.2, -0.15) is 0 Å². The Kier molecular flexibility index (Phi) is 8.53. The number of rotatable bonds is 6. The summed E-state index contributed by atoms with van der Waals surface area (Å²) < 4.78 is 5.77. The number of nitrogens with one attached hydrogen (secondary N) is 2. The Morgan fingerprint density at radius 3 is 2.59 bits per heavy atom. The van der Waals surface area contributed by atoms with E-state index in [2.05, 4.69) is 25.6 Å². The van der Waals surface area contributed by atoms with Crippen LogP contribution in [0.2, 0.25) is 5.15 Å². The molecule has 2 heterocycles. The van der Waals surface area contributed by atoms with Gasteiger partial charge < -0.3 is 15.1 Å². The van der Waals surface area contributed by atoms with Crippen molar-refractivity contribution in [2.45, 2.75) is 13.0 Å². The van der Waals surface area contributed by atoms with Crippen molar-refractivity contribution in [1.82, 2.24) is 20.6 Å². The van der Waals surface area contributed by atoms with Gasteiger partial charge in [-0.3, -0.25) is 4.99 Å². The van der Waals surface area contributed by atoms with Gasteiger partial charge in [0, 0.05) is 25.4 Å². The summed E-state index contributed by atoms with van der Waals surface area (Å²) in [5.41, 5.74) is 2.11. The summed E-state index contributed by atoms with van der Waals surface area (Å²) in [4.78, 5) is 12.6. The van der Waals surface area contributed by atoms with E-state index in [-0.39, 0.29) is 24.0 Å². The Labute approximate surface area is 180 Å². The first kappa shape index (κ1) is 21.2. The summed E-state index contributed by atoms with van der Waals surface area (Å²) in [5.74, 6) is 2.04. The third-order valence-electron chi connectivity index (χ3n) is 3.74. The Hall–Kier alpha value is -2.13. The van der Waals surface area contributed by atoms with Gasteiger partial charge in [-0.1, -0.05) is 48.0 Å². The fourth-order valence-corrected chi connectivity index (χ4v) is 2.50. The number of aliphatic imine (C=N–C) groups is 1. The zero-order valence-electron chi connectivity index (χ0n) is 14.9. The molecule has 0 atom stereocenters. The highest BCUT2D eigenvalue weighted by molar-refractivity contribution is 14.0. The number of oxazole rings is 1. The van der Waals surface area contributed by atoms with E-state index in [0.717, 1.165) is 29.9 Å². The Morgan fingerprint density at radius 2 is 1.89 bits per heavy atom. The van der Waals surface area contributed by atoms with E-state index in [1.807, 2.05) is 36.4 Å². The van der Waals surface area contributed by atoms with Crippen LogP contribution in [0.25, 0.3) is 11.3 Å². The second-order valence-corrected chi connectivity index (χ2v) is 5.96. The maximum absolute atomic E-state index is 5.79. The third-order valence-corrected chi connectivity index (χ3v) is 3.96. The van der Waals surface area contributed by atoms with E-state index >= 15 is 0 Å². The lowest BCUT2D eigenvalue weighted by Gasteiger charge is -2.10. The molecule has 0 aliphatic heterocycles. The summed E-state index contributed by atoms with van der Waals surface area (Å²) in [5, 5.41) is 6.94. The van der Waals surface area contributed by atoms with E-state index in [0.29, 0.717) is 23.5 Å². The third kappa shape index (κ3) is 6.51. The van der Waals surface area contributed by atoms with Crippen LogP contribution in [0.15, 0.2) is 64.3 Å². The molecule has 0 radical (unpaired) electrons. The number of halogens is 2. The van der Waals surface area contributed by atoms with Crippen LogP contribution in [-0.2, 0) is 13.0 Å². The molecule has 0 unspecified atom stereocenters. The van der Waals surface area contributed by atoms with Gasteiger partial charge in [-0.25, -0.2) is 9.97 Å². The maximum atomic E-state index is 5.79. The van der Waals surface area contributed by atoms with Gasteiger partial charge in [0.2, 0.25) is 5.89 Å². The average Bonchev–Trinajstić information content (AvgIpc) is 3.16. The standard InChI is InChI=1S/C19H20ClN5O.HI/c1-21-19(22-10-9-14-7-8-17(20)23-11-14)25-13-18-24-12-16(26-18)15-5-3-2-4-6-15;/h2-8,11-12H,9-10,13H2,1H3,(H2,21,22,25);1H. The minimum absolute atomic E-state index is 0. The van der Waals surface area contributed by atoms with Crippen LogP contribution in [0.3, 0.4) is 0 Å². The maximum Gasteiger partial charge on any atom is 0.214 e. The molecule has 0 bridgehead atoms. The van der Waals surface area contributed by atoms with Crippen molar-refractivity contribution in [2.75, 3.05) is 13.6 Å². The molecular weight excluding hydrogens is 477 g/mol. The molecule has 0 saturated heterocycles. The van der Waals surface area contributed by atoms with E-state index in [9.17, 15) is 0 Å². The van der Waals surface area contributed by atoms with Gasteiger partial charge >= 0.3 is 0 Å². The summed E-state index contributed by atoms with van der Waals surface area (Å²) >= 11 is 5.79. The first-order valence-corrected chi connectivity index (χ1v) is 8.67. The Bertz CT molecular complexity index is 852. The quantitative estimate of drug-likeness (QED) is 0.234. The molecule has 0 fully saturated rings. The lowest BCUT2D eigenvalue weighted by molar-refractivity contribution is 0.497. The fraction of sp³-hybridized carbons (Fsp3) is 0.211. The smallest absolute Gasteiger partial charge is 0.214 e. The molecular formula is C19H21ClIN5O. The lowest BCUT2D eigenvalue weighted by Crippen LogP contribution is -2.37. The molecule has 142 valence electrons. The largest absolute Gasteiger partial charge is 0.439 e. The number of pyridine rings is 1. The van der Waals surface area contributed by atoms with Gasteiger partial charge in [-0.05, 0) is 18.1 Å². The van der Waals surface area contributed by atoms with Gasteiger partial charge in [0.15, 0.2) is 11.7 Å². The molecule has 2 N–H and O–H groups in total. The molecule has 0 spiro atoms. The zero-order valence-corrected chi connectivity index (χ0v) is 17.9. The molecule has 8 heteroatoms. The monoisotopic (exact) mass is 497 g/mol. The van der Waals surface area contributed by atoms with Gasteiger partial charge in [0.05, 0.1) is 12.7 Å². The van der Waals surface area contributed by atoms with Crippen molar-refractivity contribution in [1.29, 1.82) is 0 Å². The Balaban J connectivity index is 0.00000261. The molecule has 0 amide bonds. The molecule has 6 nitrogen and oxygen atoms in total. The normalized spacial score (nSPS) is 11.0. The van der Waals surface area contributed by atoms with Crippen molar-refractivity contribution >= 4 is 41.5 Å². The van der Waals surface area contributed by atoms with E-state index in [1.54, 1.807) is 25.5 Å². The minimum Gasteiger partial charge on any atom is -0.439 e. The first-order valence-electron chi connectivity index (χ1n) is 8.29. The van der Waals surface area contributed by atoms with E-state index < -0.39 is 0 Å². The summed E-state index contributed by atoms with van der Waals surface area (Å²) in [6.07, 6.45) is 4.33. The molecule has 1 aromatic carbocycles. The molecule has 27 heavy (non-hydrogen) atoms. The highest BCUT2D eigenvalue weighted by Gasteiger charge is 2.07. The van der Waals surface area contributed by atoms with E-state index in [1.165, 1.54) is 0 Å². The molecule has 0 aliphatic rings. The second kappa shape index (κ2) is 10.9. The summed E-state index contributed by atoms with van der Waals surface area (Å²) in [7, 11) is 1.73. The van der Waals surface area contributed by atoms with Crippen molar-refractivity contribution < 1.29 is 4.42 Å². The highest BCUT2D eigenvalue weighted by Crippen LogP contribution is 2.19. The predicted molar refractivity (Wildman–Crippen MR) is 119 cm³/mol. The van der Waals surface area contributed by atoms with E-state index in [4.69, 9.17) is 16.0 Å². The molecule has 3 aromatic rings. The van der Waals surface area contributed by atoms with Crippen molar-refractivity contribution in [2.24, 2.45) is 4.99 Å². The number of nitrogens with zero attached hydrogens (tertiary/aromatic N) is 3. The van der Waals surface area contributed by atoms with Crippen LogP contribution >= 0.6 is 35.6 Å². The van der Waals surface area contributed by atoms with Crippen molar-refractivity contribution in [3.8, 4) is 11.3 Å². The van der Waals surface area contributed by atoms with Crippen LogP contribution in [0.5, 0.6) is 0 Å². The molecule has 0 aliphatic carbocycles. The number of hydrogen-bond donors (Lipinski definition) is 2. The van der Waals surface area contributed by atoms with Gasteiger partial charge in [0.25, 0.3) is 0 Å². The van der Waals surface area contributed by atoms with Crippen LogP contribution in [0, 0.1) is 0 Å². The van der Waals surface area contributed by atoms with Crippen LogP contribution < -0.4 is 10.6 Å². The number of aromatic nitrogens is 2.